The zero-order valence-corrected chi connectivity index (χ0v) is 9.19. The van der Waals surface area contributed by atoms with E-state index in [4.69, 9.17) is 0 Å². The normalized spacial score (nSPS) is 16.5. The second kappa shape index (κ2) is 3.97. The molecule has 0 atom stereocenters. The monoisotopic (exact) mass is 206 g/mol. The van der Waals surface area contributed by atoms with Crippen LogP contribution in [0.5, 0.6) is 0 Å². The quantitative estimate of drug-likeness (QED) is 0.595. The van der Waals surface area contributed by atoms with E-state index in [0.29, 0.717) is 0 Å². The third kappa shape index (κ3) is 1.57. The van der Waals surface area contributed by atoms with E-state index >= 15 is 0 Å². The van der Waals surface area contributed by atoms with Crippen molar-refractivity contribution in [2.24, 2.45) is 0 Å². The third-order valence-corrected chi connectivity index (χ3v) is 3.13. The van der Waals surface area contributed by atoms with Crippen molar-refractivity contribution >= 4 is 18.2 Å². The summed E-state index contributed by atoms with van der Waals surface area (Å²) >= 11 is 0. The van der Waals surface area contributed by atoms with E-state index in [9.17, 15) is 0 Å². The first-order chi connectivity index (χ1) is 7.95. The maximum atomic E-state index is 2.27. The van der Waals surface area contributed by atoms with Crippen LogP contribution in [0.2, 0.25) is 0 Å². The van der Waals surface area contributed by atoms with Crippen LogP contribution in [0.1, 0.15) is 28.7 Å². The van der Waals surface area contributed by atoms with E-state index in [1.165, 1.54) is 22.3 Å². The summed E-state index contributed by atoms with van der Waals surface area (Å²) in [5.41, 5.74) is 5.53. The predicted octanol–water partition coefficient (Wildman–Crippen LogP) is 4.24. The molecule has 0 saturated heterocycles. The molecule has 0 heterocycles. The van der Waals surface area contributed by atoms with Gasteiger partial charge in [0.1, 0.15) is 0 Å². The Morgan fingerprint density at radius 2 is 1.62 bits per heavy atom. The highest BCUT2D eigenvalue weighted by molar-refractivity contribution is 5.75. The molecule has 1 aromatic carbocycles. The van der Waals surface area contributed by atoms with Crippen molar-refractivity contribution in [1.82, 2.24) is 0 Å². The number of fused-ring (bicyclic) bond motifs is 3. The molecule has 0 heteroatoms. The first-order valence-electron chi connectivity index (χ1n) is 5.77. The summed E-state index contributed by atoms with van der Waals surface area (Å²) in [6.07, 6.45) is 19.7. The Labute approximate surface area is 96.3 Å². The van der Waals surface area contributed by atoms with Gasteiger partial charge < -0.3 is 0 Å². The summed E-state index contributed by atoms with van der Waals surface area (Å²) in [6, 6.07) is 4.44. The van der Waals surface area contributed by atoms with Crippen LogP contribution in [-0.4, -0.2) is 0 Å². The molecule has 0 aliphatic heterocycles. The number of allylic oxidation sites excluding steroid dienone is 5. The minimum Gasteiger partial charge on any atom is -0.0801 e. The van der Waals surface area contributed by atoms with Gasteiger partial charge in [-0.05, 0) is 35.1 Å². The summed E-state index contributed by atoms with van der Waals surface area (Å²) in [4.78, 5) is 0. The lowest BCUT2D eigenvalue weighted by Gasteiger charge is -2.10. The highest BCUT2D eigenvalue weighted by Gasteiger charge is 2.09. The maximum absolute atomic E-state index is 2.27. The van der Waals surface area contributed by atoms with Gasteiger partial charge in [0.05, 0.1) is 0 Å². The second-order valence-electron chi connectivity index (χ2n) is 4.17. The Balaban J connectivity index is 2.25. The first-order valence-corrected chi connectivity index (χ1v) is 5.77. The van der Waals surface area contributed by atoms with Crippen LogP contribution in [0.3, 0.4) is 0 Å². The zero-order valence-electron chi connectivity index (χ0n) is 9.19. The largest absolute Gasteiger partial charge is 0.0801 e. The summed E-state index contributed by atoms with van der Waals surface area (Å²) in [5.74, 6) is 0. The lowest BCUT2D eigenvalue weighted by atomic mass is 9.94. The van der Waals surface area contributed by atoms with E-state index in [2.05, 4.69) is 60.7 Å². The number of hydrogen-bond acceptors (Lipinski definition) is 0. The van der Waals surface area contributed by atoms with E-state index in [0.717, 1.165) is 12.8 Å². The molecule has 0 saturated carbocycles. The summed E-state index contributed by atoms with van der Waals surface area (Å²) in [5, 5.41) is 0. The number of rotatable bonds is 0. The smallest absolute Gasteiger partial charge is 0.00822 e. The predicted molar refractivity (Wildman–Crippen MR) is 71.0 cm³/mol. The molecule has 2 aliphatic carbocycles. The highest BCUT2D eigenvalue weighted by Crippen LogP contribution is 2.27. The van der Waals surface area contributed by atoms with Crippen molar-refractivity contribution in [3.05, 3.63) is 64.8 Å². The zero-order chi connectivity index (χ0) is 10.8. The Hall–Kier alpha value is -1.82. The van der Waals surface area contributed by atoms with Crippen LogP contribution >= 0.6 is 0 Å². The molecule has 0 spiro atoms. The van der Waals surface area contributed by atoms with E-state index in [-0.39, 0.29) is 0 Å². The van der Waals surface area contributed by atoms with E-state index in [1.54, 1.807) is 0 Å². The van der Waals surface area contributed by atoms with Crippen LogP contribution in [0.15, 0.2) is 42.5 Å². The molecule has 16 heavy (non-hydrogen) atoms. The van der Waals surface area contributed by atoms with Gasteiger partial charge in [0.25, 0.3) is 0 Å². The molecule has 0 aromatic heterocycles. The van der Waals surface area contributed by atoms with Gasteiger partial charge in [-0.1, -0.05) is 60.7 Å². The second-order valence-corrected chi connectivity index (χ2v) is 4.17. The molecule has 2 aliphatic rings. The lowest BCUT2D eigenvalue weighted by molar-refractivity contribution is 1.25. The van der Waals surface area contributed by atoms with Gasteiger partial charge in [-0.3, -0.25) is 0 Å². The van der Waals surface area contributed by atoms with Gasteiger partial charge in [-0.15, -0.1) is 0 Å². The van der Waals surface area contributed by atoms with Crippen molar-refractivity contribution in [1.29, 1.82) is 0 Å². The van der Waals surface area contributed by atoms with Gasteiger partial charge >= 0.3 is 0 Å². The topological polar surface area (TPSA) is 0 Å². The minimum atomic E-state index is 1.03. The highest BCUT2D eigenvalue weighted by atomic mass is 14.1. The Kier molecular flexibility index (Phi) is 2.34. The van der Waals surface area contributed by atoms with Crippen molar-refractivity contribution in [2.45, 2.75) is 12.8 Å². The van der Waals surface area contributed by atoms with Crippen molar-refractivity contribution in [3.8, 4) is 0 Å². The van der Waals surface area contributed by atoms with Crippen LogP contribution in [0, 0.1) is 0 Å². The van der Waals surface area contributed by atoms with Crippen molar-refractivity contribution in [2.75, 3.05) is 0 Å². The minimum absolute atomic E-state index is 1.03. The molecule has 78 valence electrons. The van der Waals surface area contributed by atoms with E-state index < -0.39 is 0 Å². The average Bonchev–Trinajstić information content (AvgIpc) is 2.68. The fourth-order valence-corrected chi connectivity index (χ4v) is 2.31. The maximum Gasteiger partial charge on any atom is -0.00822 e. The van der Waals surface area contributed by atoms with Crippen LogP contribution in [0.25, 0.3) is 18.2 Å². The fraction of sp³-hybridized carbons (Fsp3) is 0.125. The molecule has 0 amide bonds. The van der Waals surface area contributed by atoms with Gasteiger partial charge in [0, 0.05) is 0 Å². The summed E-state index contributed by atoms with van der Waals surface area (Å²) in [7, 11) is 0. The number of benzene rings is 1. The molecular formula is C16H14. The SMILES string of the molecule is C1=CCc2c(ccc3c2C=CCC=C3)C=C1. The third-order valence-electron chi connectivity index (χ3n) is 3.13. The lowest BCUT2D eigenvalue weighted by Crippen LogP contribution is -1.94. The molecule has 0 radical (unpaired) electrons. The Morgan fingerprint density at radius 3 is 2.62 bits per heavy atom. The number of hydrogen-bond donors (Lipinski definition) is 0. The Morgan fingerprint density at radius 1 is 0.750 bits per heavy atom. The molecule has 3 rings (SSSR count). The van der Waals surface area contributed by atoms with Gasteiger partial charge in [-0.25, -0.2) is 0 Å². The summed E-state index contributed by atoms with van der Waals surface area (Å²) in [6.45, 7) is 0. The molecule has 0 bridgehead atoms. The molecular weight excluding hydrogens is 192 g/mol. The van der Waals surface area contributed by atoms with Crippen LogP contribution < -0.4 is 0 Å². The average molecular weight is 206 g/mol. The van der Waals surface area contributed by atoms with Gasteiger partial charge in [0.15, 0.2) is 0 Å². The van der Waals surface area contributed by atoms with E-state index in [1.807, 2.05) is 0 Å². The van der Waals surface area contributed by atoms with Crippen LogP contribution in [0.4, 0.5) is 0 Å². The standard InChI is InChI=1S/C16H14/c1-3-7-13-11-12-14-8-4-2-6-10-16(14)15(13)9-5-1/h1,3-8,10-12H,2,9H2. The first kappa shape index (κ1) is 9.41. The molecule has 0 unspecified atom stereocenters. The van der Waals surface area contributed by atoms with Crippen LogP contribution in [-0.2, 0) is 6.42 Å². The molecule has 1 aromatic rings. The van der Waals surface area contributed by atoms with Crippen molar-refractivity contribution in [3.63, 3.8) is 0 Å². The summed E-state index contributed by atoms with van der Waals surface area (Å²) < 4.78 is 0. The van der Waals surface area contributed by atoms with Gasteiger partial charge in [0.2, 0.25) is 0 Å². The molecule has 0 N–H and O–H groups in total. The fourth-order valence-electron chi connectivity index (χ4n) is 2.31. The molecule has 0 fully saturated rings. The Bertz CT molecular complexity index is 525. The van der Waals surface area contributed by atoms with Gasteiger partial charge in [-0.2, -0.15) is 0 Å². The van der Waals surface area contributed by atoms with Crippen molar-refractivity contribution < 1.29 is 0 Å². The molecule has 0 nitrogen and oxygen atoms in total.